The Labute approximate surface area is 119 Å². The molecule has 1 amide bonds. The van der Waals surface area contributed by atoms with E-state index in [2.05, 4.69) is 15.5 Å². The maximum Gasteiger partial charge on any atom is 0.344 e. The molecule has 1 aromatic rings. The highest BCUT2D eigenvalue weighted by molar-refractivity contribution is 7.99. The number of carboxylic acids is 1. The van der Waals surface area contributed by atoms with Crippen LogP contribution in [0.3, 0.4) is 0 Å². The van der Waals surface area contributed by atoms with Crippen LogP contribution in [0.5, 0.6) is 0 Å². The van der Waals surface area contributed by atoms with Crippen LogP contribution in [0.25, 0.3) is 0 Å². The maximum atomic E-state index is 12.1. The fraction of sp³-hybridized carbons (Fsp3) is 0.636. The number of hydrogen-bond donors (Lipinski definition) is 3. The number of carboxylic acid groups (broad SMARTS) is 1. The van der Waals surface area contributed by atoms with Gasteiger partial charge in [0.15, 0.2) is 5.16 Å². The van der Waals surface area contributed by atoms with Crippen LogP contribution in [-0.2, 0) is 9.59 Å². The summed E-state index contributed by atoms with van der Waals surface area (Å²) in [5.41, 5.74) is -0.970. The van der Waals surface area contributed by atoms with Gasteiger partial charge in [-0.3, -0.25) is 14.2 Å². The number of amides is 1. The Morgan fingerprint density at radius 2 is 2.10 bits per heavy atom. The van der Waals surface area contributed by atoms with E-state index >= 15 is 0 Å². The van der Waals surface area contributed by atoms with Crippen molar-refractivity contribution < 1.29 is 14.7 Å². The monoisotopic (exact) mass is 302 g/mol. The van der Waals surface area contributed by atoms with Gasteiger partial charge in [0.05, 0.1) is 5.75 Å². The van der Waals surface area contributed by atoms with Crippen LogP contribution in [0, 0.1) is 0 Å². The van der Waals surface area contributed by atoms with Crippen molar-refractivity contribution in [1.82, 2.24) is 20.1 Å². The highest BCUT2D eigenvalue weighted by Gasteiger charge is 2.24. The molecule has 8 nitrogen and oxygen atoms in total. The summed E-state index contributed by atoms with van der Waals surface area (Å²) in [4.78, 5) is 34.3. The number of nitrogens with one attached hydrogen (secondary N) is 2. The topological polar surface area (TPSA) is 117 Å². The zero-order valence-corrected chi connectivity index (χ0v) is 12.6. The van der Waals surface area contributed by atoms with E-state index in [0.717, 1.165) is 16.3 Å². The predicted molar refractivity (Wildman–Crippen MR) is 73.8 cm³/mol. The number of hydrogen-bond acceptors (Lipinski definition) is 5. The second kappa shape index (κ2) is 6.12. The van der Waals surface area contributed by atoms with E-state index in [0.29, 0.717) is 0 Å². The SMILES string of the molecule is CC(C(=O)NC(C)(C)C)n1c(SCC(=O)O)n[nH]c1=O. The molecule has 0 aliphatic heterocycles. The highest BCUT2D eigenvalue weighted by Crippen LogP contribution is 2.17. The molecule has 1 unspecified atom stereocenters. The van der Waals surface area contributed by atoms with Gasteiger partial charge in [0, 0.05) is 5.54 Å². The summed E-state index contributed by atoms with van der Waals surface area (Å²) in [7, 11) is 0. The Bertz CT molecular complexity index is 558. The van der Waals surface area contributed by atoms with E-state index in [1.54, 1.807) is 6.92 Å². The summed E-state index contributed by atoms with van der Waals surface area (Å²) >= 11 is 0.881. The fourth-order valence-corrected chi connectivity index (χ4v) is 2.19. The van der Waals surface area contributed by atoms with E-state index in [-0.39, 0.29) is 16.8 Å². The van der Waals surface area contributed by atoms with Gasteiger partial charge in [-0.05, 0) is 27.7 Å². The first-order chi connectivity index (χ1) is 9.11. The van der Waals surface area contributed by atoms with Gasteiger partial charge >= 0.3 is 11.7 Å². The first-order valence-corrected chi connectivity index (χ1v) is 6.94. The molecule has 112 valence electrons. The summed E-state index contributed by atoms with van der Waals surface area (Å²) in [5.74, 6) is -1.60. The Balaban J connectivity index is 2.94. The van der Waals surface area contributed by atoms with Crippen LogP contribution >= 0.6 is 11.8 Å². The Kier molecular flexibility index (Phi) is 4.98. The molecule has 0 bridgehead atoms. The Morgan fingerprint density at radius 3 is 2.60 bits per heavy atom. The van der Waals surface area contributed by atoms with Crippen LogP contribution in [-0.4, -0.2) is 43.0 Å². The molecular formula is C11H18N4O4S. The number of H-pyrrole nitrogens is 1. The third-order valence-electron chi connectivity index (χ3n) is 2.26. The number of nitrogens with zero attached hydrogens (tertiary/aromatic N) is 2. The molecular weight excluding hydrogens is 284 g/mol. The third-order valence-corrected chi connectivity index (χ3v) is 3.20. The minimum absolute atomic E-state index is 0.175. The zero-order valence-electron chi connectivity index (χ0n) is 11.8. The van der Waals surface area contributed by atoms with Crippen molar-refractivity contribution in [3.05, 3.63) is 10.5 Å². The lowest BCUT2D eigenvalue weighted by molar-refractivity contribution is -0.134. The van der Waals surface area contributed by atoms with E-state index < -0.39 is 23.2 Å². The maximum absolute atomic E-state index is 12.1. The molecule has 0 aliphatic rings. The van der Waals surface area contributed by atoms with E-state index in [1.807, 2.05) is 20.8 Å². The molecule has 0 aromatic carbocycles. The fourth-order valence-electron chi connectivity index (χ4n) is 1.45. The molecule has 9 heteroatoms. The number of carbonyl (C=O) groups is 2. The molecule has 0 fully saturated rings. The number of rotatable bonds is 5. The quantitative estimate of drug-likeness (QED) is 0.670. The second-order valence-corrected chi connectivity index (χ2v) is 6.22. The zero-order chi connectivity index (χ0) is 15.5. The molecule has 0 radical (unpaired) electrons. The second-order valence-electron chi connectivity index (χ2n) is 5.28. The molecule has 1 atom stereocenters. The third kappa shape index (κ3) is 4.41. The smallest absolute Gasteiger partial charge is 0.344 e. The normalized spacial score (nSPS) is 13.0. The Hall–Kier alpha value is -1.77. The van der Waals surface area contributed by atoms with Crippen LogP contribution in [0.1, 0.15) is 33.7 Å². The van der Waals surface area contributed by atoms with Gasteiger partial charge in [0.25, 0.3) is 0 Å². The summed E-state index contributed by atoms with van der Waals surface area (Å²) in [5, 5.41) is 17.5. The van der Waals surface area contributed by atoms with Gasteiger partial charge in [-0.15, -0.1) is 5.10 Å². The number of carbonyl (C=O) groups excluding carboxylic acids is 1. The number of thioether (sulfide) groups is 1. The van der Waals surface area contributed by atoms with Crippen LogP contribution < -0.4 is 11.0 Å². The van der Waals surface area contributed by atoms with Gasteiger partial charge < -0.3 is 10.4 Å². The van der Waals surface area contributed by atoms with Gasteiger partial charge in [0.2, 0.25) is 5.91 Å². The van der Waals surface area contributed by atoms with Crippen molar-refractivity contribution in [1.29, 1.82) is 0 Å². The largest absolute Gasteiger partial charge is 0.481 e. The first-order valence-electron chi connectivity index (χ1n) is 5.95. The van der Waals surface area contributed by atoms with Crippen molar-refractivity contribution in [3.8, 4) is 0 Å². The molecule has 1 heterocycles. The van der Waals surface area contributed by atoms with Crippen molar-refractivity contribution in [3.63, 3.8) is 0 Å². The molecule has 3 N–H and O–H groups in total. The molecule has 1 aromatic heterocycles. The number of aromatic amines is 1. The molecule has 0 saturated heterocycles. The molecule has 20 heavy (non-hydrogen) atoms. The first kappa shape index (κ1) is 16.3. The summed E-state index contributed by atoms with van der Waals surface area (Å²) in [6.45, 7) is 7.05. The molecule has 0 aliphatic carbocycles. The summed E-state index contributed by atoms with van der Waals surface area (Å²) in [6.07, 6.45) is 0. The summed E-state index contributed by atoms with van der Waals surface area (Å²) in [6, 6.07) is -0.781. The lowest BCUT2D eigenvalue weighted by Crippen LogP contribution is -2.45. The average molecular weight is 302 g/mol. The lowest BCUT2D eigenvalue weighted by Gasteiger charge is -2.23. The van der Waals surface area contributed by atoms with E-state index in [1.165, 1.54) is 0 Å². The minimum atomic E-state index is -1.02. The van der Waals surface area contributed by atoms with Gasteiger partial charge in [0.1, 0.15) is 6.04 Å². The van der Waals surface area contributed by atoms with Crippen LogP contribution in [0.15, 0.2) is 9.95 Å². The molecule has 0 spiro atoms. The summed E-state index contributed by atoms with van der Waals surface area (Å²) < 4.78 is 1.15. The highest BCUT2D eigenvalue weighted by atomic mass is 32.2. The average Bonchev–Trinajstić information content (AvgIpc) is 2.64. The lowest BCUT2D eigenvalue weighted by atomic mass is 10.1. The minimum Gasteiger partial charge on any atom is -0.481 e. The van der Waals surface area contributed by atoms with Crippen molar-refractivity contribution in [2.24, 2.45) is 0 Å². The van der Waals surface area contributed by atoms with Crippen LogP contribution in [0.2, 0.25) is 0 Å². The van der Waals surface area contributed by atoms with Crippen molar-refractivity contribution in [2.45, 2.75) is 44.4 Å². The Morgan fingerprint density at radius 1 is 1.50 bits per heavy atom. The molecule has 0 saturated carbocycles. The standard InChI is InChI=1S/C11H18N4O4S/c1-6(8(18)12-11(2,3)4)15-9(19)13-14-10(15)20-5-7(16)17/h6H,5H2,1-4H3,(H,12,18)(H,13,19)(H,16,17). The molecule has 1 rings (SSSR count). The number of aromatic nitrogens is 3. The predicted octanol–water partition coefficient (Wildman–Crippen LogP) is 0.224. The van der Waals surface area contributed by atoms with E-state index in [9.17, 15) is 14.4 Å². The van der Waals surface area contributed by atoms with Crippen molar-refractivity contribution in [2.75, 3.05) is 5.75 Å². The van der Waals surface area contributed by atoms with Gasteiger partial charge in [-0.2, -0.15) is 0 Å². The van der Waals surface area contributed by atoms with Crippen molar-refractivity contribution >= 4 is 23.6 Å². The van der Waals surface area contributed by atoms with Gasteiger partial charge in [-0.25, -0.2) is 9.89 Å². The van der Waals surface area contributed by atoms with E-state index in [4.69, 9.17) is 5.11 Å². The number of aliphatic carboxylic acids is 1. The van der Waals surface area contributed by atoms with Crippen LogP contribution in [0.4, 0.5) is 0 Å². The van der Waals surface area contributed by atoms with Gasteiger partial charge in [-0.1, -0.05) is 11.8 Å².